The van der Waals surface area contributed by atoms with Crippen LogP contribution in [0.1, 0.15) is 50.4 Å². The monoisotopic (exact) mass is 457 g/mol. The lowest BCUT2D eigenvalue weighted by atomic mass is 9.59. The molecule has 1 N–H and O–H groups in total. The van der Waals surface area contributed by atoms with Gasteiger partial charge in [-0.15, -0.1) is 0 Å². The van der Waals surface area contributed by atoms with Crippen molar-refractivity contribution in [2.24, 2.45) is 10.8 Å². The lowest BCUT2D eigenvalue weighted by Crippen LogP contribution is -2.48. The molecule has 2 bridgehead atoms. The predicted octanol–water partition coefficient (Wildman–Crippen LogP) is 2.90. The maximum Gasteiger partial charge on any atom is 0.251 e. The minimum absolute atomic E-state index is 0.196. The number of anilines is 1. The third-order valence-corrected chi connectivity index (χ3v) is 8.40. The average Bonchev–Trinajstić information content (AvgIpc) is 3.51. The van der Waals surface area contributed by atoms with Gasteiger partial charge in [0.2, 0.25) is 11.8 Å². The molecule has 5 rings (SSSR count). The molecule has 4 heterocycles. The Morgan fingerprint density at radius 1 is 1.22 bits per heavy atom. The summed E-state index contributed by atoms with van der Waals surface area (Å²) in [6.45, 7) is 7.32. The van der Waals surface area contributed by atoms with Crippen molar-refractivity contribution >= 4 is 44.4 Å². The Labute approximate surface area is 190 Å². The zero-order chi connectivity index (χ0) is 22.7. The van der Waals surface area contributed by atoms with Crippen LogP contribution in [0.4, 0.5) is 5.13 Å². The molecule has 2 aromatic rings. The van der Waals surface area contributed by atoms with Crippen LogP contribution in [0.5, 0.6) is 0 Å². The summed E-state index contributed by atoms with van der Waals surface area (Å²) in [6.07, 6.45) is 2.07. The molecule has 0 spiro atoms. The van der Waals surface area contributed by atoms with Crippen molar-refractivity contribution in [2.75, 3.05) is 24.7 Å². The van der Waals surface area contributed by atoms with E-state index in [1.165, 1.54) is 16.2 Å². The normalized spacial score (nSPS) is 31.0. The Morgan fingerprint density at radius 3 is 2.56 bits per heavy atom. The number of nitrogens with one attached hydrogen (secondary N) is 1. The number of imide groups is 1. The molecule has 3 amide bonds. The van der Waals surface area contributed by atoms with Crippen LogP contribution in [0.25, 0.3) is 10.2 Å². The smallest absolute Gasteiger partial charge is 0.251 e. The molecule has 0 aliphatic carbocycles. The van der Waals surface area contributed by atoms with E-state index < -0.39 is 10.8 Å². The van der Waals surface area contributed by atoms with Crippen LogP contribution in [0, 0.1) is 10.8 Å². The Kier molecular flexibility index (Phi) is 5.11. The molecule has 4 atom stereocenters. The standard InChI is InChI=1S/C23H27N3O5S/c1-4-10-30-11-9-24-18(27)13-5-6-14-15(12-13)32-21(25-14)26-19(28)22(2)16-7-8-17(31-16)23(22,3)20(26)29/h5-6,12,16-17H,4,7-11H2,1-3H3,(H,24,27)/t16-,17+,22-,23+. The summed E-state index contributed by atoms with van der Waals surface area (Å²) >= 11 is 1.26. The zero-order valence-electron chi connectivity index (χ0n) is 18.5. The molecular weight excluding hydrogens is 430 g/mol. The van der Waals surface area contributed by atoms with Crippen LogP contribution in [0.2, 0.25) is 0 Å². The molecule has 8 nitrogen and oxygen atoms in total. The Hall–Kier alpha value is -2.36. The van der Waals surface area contributed by atoms with Crippen molar-refractivity contribution in [2.45, 2.75) is 52.2 Å². The van der Waals surface area contributed by atoms with Gasteiger partial charge < -0.3 is 14.8 Å². The molecule has 0 saturated carbocycles. The molecule has 170 valence electrons. The van der Waals surface area contributed by atoms with E-state index in [1.54, 1.807) is 18.2 Å². The SMILES string of the molecule is CCCOCCNC(=O)c1ccc2nc(N3C(=O)[C@@]4(C)[C@H]5CC[C@H](O5)[C@@]4(C)C3=O)sc2c1. The molecule has 3 saturated heterocycles. The number of benzene rings is 1. The van der Waals surface area contributed by atoms with Crippen molar-refractivity contribution in [1.29, 1.82) is 0 Å². The van der Waals surface area contributed by atoms with Gasteiger partial charge >= 0.3 is 0 Å². The summed E-state index contributed by atoms with van der Waals surface area (Å²) in [7, 11) is 0. The number of fused-ring (bicyclic) bond motifs is 6. The van der Waals surface area contributed by atoms with E-state index in [4.69, 9.17) is 9.47 Å². The van der Waals surface area contributed by atoms with Crippen molar-refractivity contribution in [3.8, 4) is 0 Å². The summed E-state index contributed by atoms with van der Waals surface area (Å²) in [5.41, 5.74) is -0.574. The van der Waals surface area contributed by atoms with Gasteiger partial charge in [0.25, 0.3) is 5.91 Å². The van der Waals surface area contributed by atoms with E-state index in [0.717, 1.165) is 24.0 Å². The van der Waals surface area contributed by atoms with Crippen LogP contribution in [0.15, 0.2) is 18.2 Å². The fourth-order valence-electron chi connectivity index (χ4n) is 5.34. The van der Waals surface area contributed by atoms with Crippen molar-refractivity contribution in [3.05, 3.63) is 23.8 Å². The lowest BCUT2D eigenvalue weighted by Gasteiger charge is -2.36. The Morgan fingerprint density at radius 2 is 1.91 bits per heavy atom. The maximum absolute atomic E-state index is 13.5. The van der Waals surface area contributed by atoms with E-state index in [2.05, 4.69) is 10.3 Å². The number of rotatable bonds is 7. The molecule has 0 radical (unpaired) electrons. The predicted molar refractivity (Wildman–Crippen MR) is 120 cm³/mol. The number of nitrogens with zero attached hydrogens (tertiary/aromatic N) is 2. The van der Waals surface area contributed by atoms with Crippen molar-refractivity contribution < 1.29 is 23.9 Å². The highest BCUT2D eigenvalue weighted by molar-refractivity contribution is 7.22. The van der Waals surface area contributed by atoms with Crippen molar-refractivity contribution in [3.63, 3.8) is 0 Å². The summed E-state index contributed by atoms with van der Waals surface area (Å²) in [5.74, 6) is -0.666. The molecule has 3 aliphatic heterocycles. The van der Waals surface area contributed by atoms with Gasteiger partial charge in [0.1, 0.15) is 0 Å². The fraction of sp³-hybridized carbons (Fsp3) is 0.565. The van der Waals surface area contributed by atoms with Crippen LogP contribution in [-0.2, 0) is 19.1 Å². The van der Waals surface area contributed by atoms with Gasteiger partial charge in [-0.3, -0.25) is 14.4 Å². The first-order chi connectivity index (χ1) is 15.3. The van der Waals surface area contributed by atoms with Gasteiger partial charge in [-0.05, 0) is 51.3 Å². The lowest BCUT2D eigenvalue weighted by molar-refractivity contribution is -0.132. The number of carbonyl (C=O) groups is 3. The second kappa shape index (κ2) is 7.60. The second-order valence-corrected chi connectivity index (χ2v) is 10.1. The molecule has 9 heteroatoms. The van der Waals surface area contributed by atoms with Gasteiger partial charge in [0.05, 0.1) is 39.9 Å². The van der Waals surface area contributed by atoms with Gasteiger partial charge in [0.15, 0.2) is 5.13 Å². The quantitative estimate of drug-likeness (QED) is 0.507. The largest absolute Gasteiger partial charge is 0.380 e. The van der Waals surface area contributed by atoms with Gasteiger partial charge in [-0.1, -0.05) is 18.3 Å². The topological polar surface area (TPSA) is 97.8 Å². The van der Waals surface area contributed by atoms with Gasteiger partial charge in [-0.25, -0.2) is 9.88 Å². The van der Waals surface area contributed by atoms with Gasteiger partial charge in [-0.2, -0.15) is 0 Å². The molecule has 32 heavy (non-hydrogen) atoms. The summed E-state index contributed by atoms with van der Waals surface area (Å²) < 4.78 is 12.1. The summed E-state index contributed by atoms with van der Waals surface area (Å²) in [4.78, 5) is 45.2. The highest BCUT2D eigenvalue weighted by Crippen LogP contribution is 2.64. The second-order valence-electron chi connectivity index (χ2n) is 9.09. The van der Waals surface area contributed by atoms with Crippen LogP contribution in [-0.4, -0.2) is 54.7 Å². The number of thiazole rings is 1. The first kappa shape index (κ1) is 21.5. The average molecular weight is 458 g/mol. The first-order valence-electron chi connectivity index (χ1n) is 11.1. The highest BCUT2D eigenvalue weighted by Gasteiger charge is 2.77. The van der Waals surface area contributed by atoms with Crippen LogP contribution >= 0.6 is 11.3 Å². The van der Waals surface area contributed by atoms with Crippen LogP contribution in [0.3, 0.4) is 0 Å². The van der Waals surface area contributed by atoms with E-state index >= 15 is 0 Å². The van der Waals surface area contributed by atoms with E-state index in [0.29, 0.717) is 36.0 Å². The summed E-state index contributed by atoms with van der Waals surface area (Å²) in [6, 6.07) is 5.20. The number of amides is 3. The highest BCUT2D eigenvalue weighted by atomic mass is 32.1. The zero-order valence-corrected chi connectivity index (χ0v) is 19.3. The number of hydrogen-bond donors (Lipinski definition) is 1. The molecular formula is C23H27N3O5S. The molecule has 1 aromatic heterocycles. The third kappa shape index (κ3) is 2.80. The minimum atomic E-state index is -0.865. The van der Waals surface area contributed by atoms with Crippen LogP contribution < -0.4 is 10.2 Å². The Bertz CT molecular complexity index is 1080. The number of aromatic nitrogens is 1. The van der Waals surface area contributed by atoms with E-state index in [1.807, 2.05) is 20.8 Å². The third-order valence-electron chi connectivity index (χ3n) is 7.39. The van der Waals surface area contributed by atoms with E-state index in [-0.39, 0.29) is 29.9 Å². The number of carbonyl (C=O) groups excluding carboxylic acids is 3. The van der Waals surface area contributed by atoms with Crippen molar-refractivity contribution in [1.82, 2.24) is 10.3 Å². The molecule has 1 aromatic carbocycles. The summed E-state index contributed by atoms with van der Waals surface area (Å²) in [5, 5.41) is 3.20. The van der Waals surface area contributed by atoms with E-state index in [9.17, 15) is 14.4 Å². The number of ether oxygens (including phenoxy) is 2. The molecule has 3 aliphatic rings. The minimum Gasteiger partial charge on any atom is -0.380 e. The number of hydrogen-bond acceptors (Lipinski definition) is 7. The first-order valence-corrected chi connectivity index (χ1v) is 11.9. The van der Waals surface area contributed by atoms with Gasteiger partial charge in [0, 0.05) is 18.7 Å². The molecule has 0 unspecified atom stereocenters. The Balaban J connectivity index is 1.39. The molecule has 3 fully saturated rings. The maximum atomic E-state index is 13.5. The fourth-order valence-corrected chi connectivity index (χ4v) is 6.34.